The van der Waals surface area contributed by atoms with E-state index in [9.17, 15) is 9.59 Å². The van der Waals surface area contributed by atoms with Crippen LogP contribution in [-0.2, 0) is 0 Å². The molecule has 0 aliphatic rings. The molecule has 0 radical (unpaired) electrons. The maximum Gasteiger partial charge on any atom is 0.171 e. The van der Waals surface area contributed by atoms with Gasteiger partial charge in [0.05, 0.1) is 11.8 Å². The molecule has 170 valence electrons. The third-order valence-corrected chi connectivity index (χ3v) is 6.53. The zero-order chi connectivity index (χ0) is 24.2. The van der Waals surface area contributed by atoms with Gasteiger partial charge < -0.3 is 0 Å². The lowest BCUT2D eigenvalue weighted by Crippen LogP contribution is -2.27. The maximum atomic E-state index is 14.0. The molecule has 2 atom stereocenters. The molecule has 4 aromatic rings. The maximum absolute atomic E-state index is 14.0. The quantitative estimate of drug-likeness (QED) is 0.246. The monoisotopic (exact) mass is 486 g/mol. The molecule has 0 spiro atoms. The van der Waals surface area contributed by atoms with E-state index in [2.05, 4.69) is 0 Å². The predicted octanol–water partition coefficient (Wildman–Crippen LogP) is 8.24. The van der Waals surface area contributed by atoms with Crippen LogP contribution in [0.2, 0.25) is 10.0 Å². The van der Waals surface area contributed by atoms with Crippen LogP contribution in [0.25, 0.3) is 0 Å². The van der Waals surface area contributed by atoms with Gasteiger partial charge in [0, 0.05) is 21.2 Å². The highest BCUT2D eigenvalue weighted by molar-refractivity contribution is 6.31. The van der Waals surface area contributed by atoms with E-state index in [0.717, 1.165) is 22.3 Å². The minimum absolute atomic E-state index is 0.131. The summed E-state index contributed by atoms with van der Waals surface area (Å²) in [4.78, 5) is 28.0. The number of Topliss-reactive ketones (excluding diaryl/α,β-unsaturated/α-hetero) is 2. The van der Waals surface area contributed by atoms with Crippen LogP contribution in [0.15, 0.2) is 97.1 Å². The molecular weight excluding hydrogens is 463 g/mol. The van der Waals surface area contributed by atoms with Crippen molar-refractivity contribution in [1.29, 1.82) is 0 Å². The summed E-state index contributed by atoms with van der Waals surface area (Å²) in [6, 6.07) is 29.3. The van der Waals surface area contributed by atoms with Crippen molar-refractivity contribution in [3.8, 4) is 0 Å². The second-order valence-corrected chi connectivity index (χ2v) is 9.39. The minimum atomic E-state index is -0.715. The van der Waals surface area contributed by atoms with Crippen molar-refractivity contribution in [3.05, 3.63) is 140 Å². The Kier molecular flexibility index (Phi) is 7.31. The van der Waals surface area contributed by atoms with Crippen LogP contribution in [0, 0.1) is 13.8 Å². The van der Waals surface area contributed by atoms with Crippen LogP contribution >= 0.6 is 23.2 Å². The molecule has 0 amide bonds. The third-order valence-electron chi connectivity index (χ3n) is 6.03. The van der Waals surface area contributed by atoms with Gasteiger partial charge >= 0.3 is 0 Å². The van der Waals surface area contributed by atoms with E-state index in [0.29, 0.717) is 21.2 Å². The van der Waals surface area contributed by atoms with E-state index < -0.39 is 11.8 Å². The van der Waals surface area contributed by atoms with Crippen molar-refractivity contribution in [2.45, 2.75) is 25.7 Å². The average molecular weight is 487 g/mol. The summed E-state index contributed by atoms with van der Waals surface area (Å²) >= 11 is 12.1. The normalized spacial score (nSPS) is 12.7. The first-order valence-corrected chi connectivity index (χ1v) is 11.8. The average Bonchev–Trinajstić information content (AvgIpc) is 2.84. The highest BCUT2D eigenvalue weighted by atomic mass is 35.5. The van der Waals surface area contributed by atoms with E-state index >= 15 is 0 Å². The standard InChI is InChI=1S/C30H24Cl2O2/c1-19-3-7-21(8-4-19)27(29(33)23-11-15-25(31)16-12-23)28(22-9-5-20(2)6-10-22)30(34)24-13-17-26(32)18-14-24/h3-18,27-28H,1-2H3/t27-,28-/m1/s1. The molecule has 0 saturated heterocycles. The summed E-state index contributed by atoms with van der Waals surface area (Å²) in [6.07, 6.45) is 0. The summed E-state index contributed by atoms with van der Waals surface area (Å²) in [5, 5.41) is 1.10. The van der Waals surface area contributed by atoms with Gasteiger partial charge in [-0.15, -0.1) is 0 Å². The molecule has 0 heterocycles. The zero-order valence-corrected chi connectivity index (χ0v) is 20.5. The van der Waals surface area contributed by atoms with Crippen LogP contribution < -0.4 is 0 Å². The van der Waals surface area contributed by atoms with Crippen molar-refractivity contribution < 1.29 is 9.59 Å². The number of halogens is 2. The highest BCUT2D eigenvalue weighted by Gasteiger charge is 2.37. The fourth-order valence-corrected chi connectivity index (χ4v) is 4.38. The number of hydrogen-bond acceptors (Lipinski definition) is 2. The van der Waals surface area contributed by atoms with E-state index in [1.54, 1.807) is 48.5 Å². The smallest absolute Gasteiger partial charge is 0.171 e. The molecule has 0 aliphatic heterocycles. The Bertz CT molecular complexity index is 1190. The first-order valence-electron chi connectivity index (χ1n) is 11.1. The molecule has 4 rings (SSSR count). The first kappa shape index (κ1) is 23.9. The Morgan fingerprint density at radius 2 is 0.794 bits per heavy atom. The van der Waals surface area contributed by atoms with Gasteiger partial charge in [-0.2, -0.15) is 0 Å². The lowest BCUT2D eigenvalue weighted by molar-refractivity contribution is 0.0866. The summed E-state index contributed by atoms with van der Waals surface area (Å²) in [7, 11) is 0. The molecule has 0 aliphatic carbocycles. The van der Waals surface area contributed by atoms with Crippen molar-refractivity contribution >= 4 is 34.8 Å². The molecular formula is C30H24Cl2O2. The number of benzene rings is 4. The van der Waals surface area contributed by atoms with Gasteiger partial charge in [-0.1, -0.05) is 82.9 Å². The van der Waals surface area contributed by atoms with Gasteiger partial charge in [0.25, 0.3) is 0 Å². The minimum Gasteiger partial charge on any atom is -0.293 e. The predicted molar refractivity (Wildman–Crippen MR) is 139 cm³/mol. The number of rotatable bonds is 7. The summed E-state index contributed by atoms with van der Waals surface area (Å²) in [5.41, 5.74) is 4.76. The van der Waals surface area contributed by atoms with E-state index in [1.807, 2.05) is 62.4 Å². The van der Waals surface area contributed by atoms with E-state index in [-0.39, 0.29) is 11.6 Å². The number of aryl methyl sites for hydroxylation is 2. The number of carbonyl (C=O) groups excluding carboxylic acids is 2. The zero-order valence-electron chi connectivity index (χ0n) is 19.0. The molecule has 0 aromatic heterocycles. The number of hydrogen-bond donors (Lipinski definition) is 0. The third kappa shape index (κ3) is 5.30. The highest BCUT2D eigenvalue weighted by Crippen LogP contribution is 2.39. The fraction of sp³-hybridized carbons (Fsp3) is 0.133. The van der Waals surface area contributed by atoms with Crippen LogP contribution in [0.4, 0.5) is 0 Å². The van der Waals surface area contributed by atoms with Crippen molar-refractivity contribution in [2.75, 3.05) is 0 Å². The molecule has 0 N–H and O–H groups in total. The van der Waals surface area contributed by atoms with Gasteiger partial charge in [-0.25, -0.2) is 0 Å². The van der Waals surface area contributed by atoms with Gasteiger partial charge in [0.15, 0.2) is 11.6 Å². The van der Waals surface area contributed by atoms with E-state index in [1.165, 1.54) is 0 Å². The Morgan fingerprint density at radius 1 is 0.500 bits per heavy atom. The van der Waals surface area contributed by atoms with Crippen molar-refractivity contribution in [2.24, 2.45) is 0 Å². The molecule has 2 nitrogen and oxygen atoms in total. The van der Waals surface area contributed by atoms with Crippen LogP contribution in [0.5, 0.6) is 0 Å². The van der Waals surface area contributed by atoms with Gasteiger partial charge in [-0.05, 0) is 73.5 Å². The summed E-state index contributed by atoms with van der Waals surface area (Å²) in [5.74, 6) is -1.69. The molecule has 0 unspecified atom stereocenters. The van der Waals surface area contributed by atoms with Crippen molar-refractivity contribution in [1.82, 2.24) is 0 Å². The second kappa shape index (κ2) is 10.4. The SMILES string of the molecule is Cc1ccc([C@@H](C(=O)c2ccc(Cl)cc2)[C@H](C(=O)c2ccc(Cl)cc2)c2ccc(C)cc2)cc1. The number of carbonyl (C=O) groups is 2. The summed E-state index contributed by atoms with van der Waals surface area (Å²) in [6.45, 7) is 3.99. The van der Waals surface area contributed by atoms with Gasteiger partial charge in [0.1, 0.15) is 0 Å². The largest absolute Gasteiger partial charge is 0.293 e. The molecule has 0 bridgehead atoms. The van der Waals surface area contributed by atoms with Gasteiger partial charge in [0.2, 0.25) is 0 Å². The summed E-state index contributed by atoms with van der Waals surface area (Å²) < 4.78 is 0. The fourth-order valence-electron chi connectivity index (χ4n) is 4.13. The second-order valence-electron chi connectivity index (χ2n) is 8.52. The first-order chi connectivity index (χ1) is 16.3. The van der Waals surface area contributed by atoms with Crippen LogP contribution in [-0.4, -0.2) is 11.6 Å². The lowest BCUT2D eigenvalue weighted by Gasteiger charge is -2.27. The number of ketones is 2. The molecule has 34 heavy (non-hydrogen) atoms. The Balaban J connectivity index is 1.90. The molecule has 4 aromatic carbocycles. The van der Waals surface area contributed by atoms with Crippen molar-refractivity contribution in [3.63, 3.8) is 0 Å². The molecule has 0 saturated carbocycles. The van der Waals surface area contributed by atoms with Crippen LogP contribution in [0.1, 0.15) is 54.8 Å². The van der Waals surface area contributed by atoms with Gasteiger partial charge in [-0.3, -0.25) is 9.59 Å². The van der Waals surface area contributed by atoms with E-state index in [4.69, 9.17) is 23.2 Å². The molecule has 4 heteroatoms. The molecule has 0 fully saturated rings. The van der Waals surface area contributed by atoms with Crippen LogP contribution in [0.3, 0.4) is 0 Å². The lowest BCUT2D eigenvalue weighted by atomic mass is 9.73. The Morgan fingerprint density at radius 3 is 1.09 bits per heavy atom. The Hall–Kier alpha value is -3.20. The Labute approximate surface area is 210 Å². The topological polar surface area (TPSA) is 34.1 Å².